The molecule has 0 bridgehead atoms. The van der Waals surface area contributed by atoms with Crippen molar-refractivity contribution in [2.24, 2.45) is 0 Å². The van der Waals surface area contributed by atoms with Crippen LogP contribution in [0, 0.1) is 0 Å². The number of hydrogen-bond donors (Lipinski definition) is 0. The van der Waals surface area contributed by atoms with Gasteiger partial charge in [0.1, 0.15) is 0 Å². The molecular weight excluding hydrogens is 204 g/mol. The van der Waals surface area contributed by atoms with Crippen molar-refractivity contribution in [2.75, 3.05) is 20.3 Å². The molecule has 1 aliphatic carbocycles. The molecule has 1 saturated carbocycles. The third kappa shape index (κ3) is 2.22. The van der Waals surface area contributed by atoms with Gasteiger partial charge in [0.2, 0.25) is 0 Å². The lowest BCUT2D eigenvalue weighted by Gasteiger charge is -2.42. The molecule has 3 nitrogen and oxygen atoms in total. The van der Waals surface area contributed by atoms with Crippen LogP contribution < -0.4 is 0 Å². The van der Waals surface area contributed by atoms with E-state index in [-0.39, 0.29) is 17.6 Å². The minimum Gasteiger partial charge on any atom is -0.381 e. The third-order valence-corrected chi connectivity index (χ3v) is 3.41. The average molecular weight is 221 g/mol. The molecule has 2 fully saturated rings. The van der Waals surface area contributed by atoms with Crippen LogP contribution in [-0.2, 0) is 14.2 Å². The number of halogens is 1. The van der Waals surface area contributed by atoms with Crippen LogP contribution in [0.2, 0.25) is 0 Å². The van der Waals surface area contributed by atoms with E-state index >= 15 is 0 Å². The molecule has 2 rings (SSSR count). The zero-order valence-corrected chi connectivity index (χ0v) is 9.20. The van der Waals surface area contributed by atoms with Crippen LogP contribution in [0.15, 0.2) is 0 Å². The Balaban J connectivity index is 1.74. The van der Waals surface area contributed by atoms with Crippen molar-refractivity contribution >= 4 is 11.6 Å². The SMILES string of the molecule is COC1C(Cl)CC1OC1CCOCC1. The van der Waals surface area contributed by atoms with Crippen LogP contribution in [-0.4, -0.2) is 44.0 Å². The van der Waals surface area contributed by atoms with Gasteiger partial charge in [-0.2, -0.15) is 0 Å². The van der Waals surface area contributed by atoms with Crippen molar-refractivity contribution < 1.29 is 14.2 Å². The second-order valence-corrected chi connectivity index (χ2v) is 4.50. The molecule has 3 unspecified atom stereocenters. The fourth-order valence-electron chi connectivity index (χ4n) is 2.02. The van der Waals surface area contributed by atoms with Gasteiger partial charge in [0.25, 0.3) is 0 Å². The van der Waals surface area contributed by atoms with Crippen molar-refractivity contribution in [3.8, 4) is 0 Å². The molecule has 0 spiro atoms. The number of hydrogen-bond acceptors (Lipinski definition) is 3. The van der Waals surface area contributed by atoms with Gasteiger partial charge in [-0.05, 0) is 19.3 Å². The predicted molar refractivity (Wildman–Crippen MR) is 53.8 cm³/mol. The van der Waals surface area contributed by atoms with E-state index in [2.05, 4.69) is 0 Å². The molecular formula is C10H17ClO3. The standard InChI is InChI=1S/C10H17ClO3/c1-12-10-8(11)6-9(10)14-7-2-4-13-5-3-7/h7-10H,2-6H2,1H3. The van der Waals surface area contributed by atoms with E-state index in [1.54, 1.807) is 7.11 Å². The minimum absolute atomic E-state index is 0.0829. The highest BCUT2D eigenvalue weighted by atomic mass is 35.5. The van der Waals surface area contributed by atoms with Crippen LogP contribution in [0.4, 0.5) is 0 Å². The zero-order chi connectivity index (χ0) is 9.97. The monoisotopic (exact) mass is 220 g/mol. The molecule has 0 amide bonds. The van der Waals surface area contributed by atoms with Gasteiger partial charge in [-0.15, -0.1) is 11.6 Å². The van der Waals surface area contributed by atoms with Crippen LogP contribution in [0.1, 0.15) is 19.3 Å². The Morgan fingerprint density at radius 1 is 1.29 bits per heavy atom. The van der Waals surface area contributed by atoms with Crippen molar-refractivity contribution in [1.29, 1.82) is 0 Å². The molecule has 14 heavy (non-hydrogen) atoms. The summed E-state index contributed by atoms with van der Waals surface area (Å²) in [5.74, 6) is 0. The maximum Gasteiger partial charge on any atom is 0.0997 e. The first kappa shape index (κ1) is 10.7. The Morgan fingerprint density at radius 2 is 2.00 bits per heavy atom. The Kier molecular flexibility index (Phi) is 3.66. The number of methoxy groups -OCH3 is 1. The van der Waals surface area contributed by atoms with Crippen molar-refractivity contribution in [1.82, 2.24) is 0 Å². The van der Waals surface area contributed by atoms with Gasteiger partial charge in [-0.25, -0.2) is 0 Å². The van der Waals surface area contributed by atoms with E-state index in [0.29, 0.717) is 6.10 Å². The summed E-state index contributed by atoms with van der Waals surface area (Å²) in [7, 11) is 1.69. The van der Waals surface area contributed by atoms with Crippen molar-refractivity contribution in [2.45, 2.75) is 43.0 Å². The molecule has 0 radical (unpaired) electrons. The third-order valence-electron chi connectivity index (χ3n) is 2.99. The fourth-order valence-corrected chi connectivity index (χ4v) is 2.46. The van der Waals surface area contributed by atoms with Crippen molar-refractivity contribution in [3.63, 3.8) is 0 Å². The highest BCUT2D eigenvalue weighted by Gasteiger charge is 2.42. The van der Waals surface area contributed by atoms with E-state index in [1.807, 2.05) is 0 Å². The average Bonchev–Trinajstić information content (AvgIpc) is 2.19. The first-order chi connectivity index (χ1) is 6.81. The minimum atomic E-state index is 0.0829. The van der Waals surface area contributed by atoms with Gasteiger partial charge in [-0.1, -0.05) is 0 Å². The lowest BCUT2D eigenvalue weighted by Crippen LogP contribution is -2.52. The molecule has 0 N–H and O–H groups in total. The summed E-state index contributed by atoms with van der Waals surface area (Å²) in [6.45, 7) is 1.64. The van der Waals surface area contributed by atoms with E-state index in [0.717, 1.165) is 32.5 Å². The van der Waals surface area contributed by atoms with Crippen LogP contribution >= 0.6 is 11.6 Å². The quantitative estimate of drug-likeness (QED) is 0.676. The van der Waals surface area contributed by atoms with Gasteiger partial charge in [-0.3, -0.25) is 0 Å². The Labute approximate surface area is 89.7 Å². The van der Waals surface area contributed by atoms with Gasteiger partial charge in [0.15, 0.2) is 0 Å². The molecule has 0 aromatic rings. The van der Waals surface area contributed by atoms with Gasteiger partial charge in [0.05, 0.1) is 23.7 Å². The lowest BCUT2D eigenvalue weighted by atomic mass is 9.90. The van der Waals surface area contributed by atoms with Crippen molar-refractivity contribution in [3.05, 3.63) is 0 Å². The molecule has 4 heteroatoms. The second kappa shape index (κ2) is 4.79. The summed E-state index contributed by atoms with van der Waals surface area (Å²) in [5, 5.41) is 0.129. The summed E-state index contributed by atoms with van der Waals surface area (Å²) in [6.07, 6.45) is 3.54. The molecule has 0 aromatic heterocycles. The summed E-state index contributed by atoms with van der Waals surface area (Å²) >= 11 is 6.00. The number of alkyl halides is 1. The first-order valence-electron chi connectivity index (χ1n) is 5.21. The highest BCUT2D eigenvalue weighted by molar-refractivity contribution is 6.21. The number of rotatable bonds is 3. The molecule has 2 aliphatic rings. The topological polar surface area (TPSA) is 27.7 Å². The molecule has 0 aromatic carbocycles. The summed E-state index contributed by atoms with van der Waals surface area (Å²) < 4.78 is 16.4. The Morgan fingerprint density at radius 3 is 2.57 bits per heavy atom. The predicted octanol–water partition coefficient (Wildman–Crippen LogP) is 1.58. The van der Waals surface area contributed by atoms with Gasteiger partial charge >= 0.3 is 0 Å². The smallest absolute Gasteiger partial charge is 0.0997 e. The lowest BCUT2D eigenvalue weighted by molar-refractivity contribution is -0.154. The zero-order valence-electron chi connectivity index (χ0n) is 8.45. The highest BCUT2D eigenvalue weighted by Crippen LogP contribution is 2.33. The Hall–Kier alpha value is 0.170. The Bertz CT molecular complexity index is 182. The maximum atomic E-state index is 6.00. The molecule has 1 heterocycles. The van der Waals surface area contributed by atoms with Gasteiger partial charge < -0.3 is 14.2 Å². The summed E-state index contributed by atoms with van der Waals surface area (Å²) in [4.78, 5) is 0. The maximum absolute atomic E-state index is 6.00. The largest absolute Gasteiger partial charge is 0.381 e. The molecule has 82 valence electrons. The fraction of sp³-hybridized carbons (Fsp3) is 1.00. The molecule has 1 aliphatic heterocycles. The summed E-state index contributed by atoms with van der Waals surface area (Å²) in [5.41, 5.74) is 0. The molecule has 1 saturated heterocycles. The van der Waals surface area contributed by atoms with Crippen LogP contribution in [0.5, 0.6) is 0 Å². The number of ether oxygens (including phenoxy) is 3. The van der Waals surface area contributed by atoms with Crippen LogP contribution in [0.25, 0.3) is 0 Å². The normalized spacial score (nSPS) is 39.4. The second-order valence-electron chi connectivity index (χ2n) is 3.94. The van der Waals surface area contributed by atoms with E-state index in [1.165, 1.54) is 0 Å². The molecule has 3 atom stereocenters. The van der Waals surface area contributed by atoms with E-state index < -0.39 is 0 Å². The van der Waals surface area contributed by atoms with E-state index in [9.17, 15) is 0 Å². The van der Waals surface area contributed by atoms with Crippen LogP contribution in [0.3, 0.4) is 0 Å². The van der Waals surface area contributed by atoms with Gasteiger partial charge in [0, 0.05) is 20.3 Å². The summed E-state index contributed by atoms with van der Waals surface area (Å²) in [6, 6.07) is 0. The van der Waals surface area contributed by atoms with E-state index in [4.69, 9.17) is 25.8 Å². The first-order valence-corrected chi connectivity index (χ1v) is 5.65.